The highest BCUT2D eigenvalue weighted by molar-refractivity contribution is 5.94. The number of carbonyl (C=O) groups is 1. The van der Waals surface area contributed by atoms with Gasteiger partial charge < -0.3 is 0 Å². The third kappa shape index (κ3) is 2.81. The molecule has 1 nitrogen and oxygen atoms in total. The molecule has 1 atom stereocenters. The van der Waals surface area contributed by atoms with Gasteiger partial charge in [-0.1, -0.05) is 24.3 Å². The number of halogens is 3. The Hall–Kier alpha value is -1.32. The van der Waals surface area contributed by atoms with Crippen LogP contribution in [0.3, 0.4) is 0 Å². The molecule has 0 saturated heterocycles. The minimum absolute atomic E-state index is 0.152. The number of rotatable bonds is 2. The van der Waals surface area contributed by atoms with Crippen molar-refractivity contribution < 1.29 is 18.0 Å². The van der Waals surface area contributed by atoms with E-state index in [0.717, 1.165) is 6.92 Å². The van der Waals surface area contributed by atoms with Gasteiger partial charge in [0.05, 0.1) is 5.92 Å². The third-order valence-electron chi connectivity index (χ3n) is 2.31. The van der Waals surface area contributed by atoms with Gasteiger partial charge >= 0.3 is 6.18 Å². The van der Waals surface area contributed by atoms with E-state index in [1.54, 1.807) is 0 Å². The lowest BCUT2D eigenvalue weighted by Gasteiger charge is -2.15. The number of hydrogen-bond donors (Lipinski definition) is 0. The molecule has 0 heterocycles. The van der Waals surface area contributed by atoms with Crippen molar-refractivity contribution in [2.45, 2.75) is 25.9 Å². The summed E-state index contributed by atoms with van der Waals surface area (Å²) in [6.45, 7) is 2.48. The zero-order chi connectivity index (χ0) is 11.6. The molecule has 82 valence electrons. The first-order valence-corrected chi connectivity index (χ1v) is 4.50. The second kappa shape index (κ2) is 4.04. The molecule has 0 N–H and O–H groups in total. The molecule has 0 radical (unpaired) electrons. The van der Waals surface area contributed by atoms with Crippen molar-refractivity contribution in [2.24, 2.45) is 0 Å². The Kier molecular flexibility index (Phi) is 3.17. The van der Waals surface area contributed by atoms with E-state index in [2.05, 4.69) is 0 Å². The zero-order valence-corrected chi connectivity index (χ0v) is 8.43. The number of hydrogen-bond acceptors (Lipinski definition) is 1. The summed E-state index contributed by atoms with van der Waals surface area (Å²) in [5, 5.41) is 0. The van der Waals surface area contributed by atoms with Gasteiger partial charge in [0.2, 0.25) is 0 Å². The van der Waals surface area contributed by atoms with Crippen LogP contribution in [-0.4, -0.2) is 12.0 Å². The predicted octanol–water partition coefficient (Wildman–Crippen LogP) is 3.56. The normalized spacial score (nSPS) is 13.7. The second-order valence-corrected chi connectivity index (χ2v) is 3.44. The van der Waals surface area contributed by atoms with Gasteiger partial charge in [0.1, 0.15) is 0 Å². The van der Waals surface area contributed by atoms with Crippen LogP contribution in [0.25, 0.3) is 0 Å². The highest BCUT2D eigenvalue weighted by Crippen LogP contribution is 2.34. The first-order valence-electron chi connectivity index (χ1n) is 4.50. The van der Waals surface area contributed by atoms with E-state index in [0.29, 0.717) is 5.56 Å². The number of carbonyl (C=O) groups excluding carboxylic acids is 1. The summed E-state index contributed by atoms with van der Waals surface area (Å²) in [6, 6.07) is 5.52. The van der Waals surface area contributed by atoms with Crippen LogP contribution in [0.5, 0.6) is 0 Å². The molecular weight excluding hydrogens is 205 g/mol. The minimum atomic E-state index is -4.24. The summed E-state index contributed by atoms with van der Waals surface area (Å²) < 4.78 is 37.0. The van der Waals surface area contributed by atoms with E-state index in [1.165, 1.54) is 31.2 Å². The van der Waals surface area contributed by atoms with Crippen LogP contribution in [-0.2, 0) is 0 Å². The molecule has 0 saturated carbocycles. The Morgan fingerprint density at radius 1 is 1.20 bits per heavy atom. The summed E-state index contributed by atoms with van der Waals surface area (Å²) >= 11 is 0. The lowest BCUT2D eigenvalue weighted by molar-refractivity contribution is -0.146. The second-order valence-electron chi connectivity index (χ2n) is 3.44. The molecule has 0 aliphatic rings. The van der Waals surface area contributed by atoms with Gasteiger partial charge in [0, 0.05) is 5.56 Å². The molecule has 0 aliphatic heterocycles. The summed E-state index contributed by atoms with van der Waals surface area (Å²) in [5.41, 5.74) is 0.598. The molecule has 15 heavy (non-hydrogen) atoms. The van der Waals surface area contributed by atoms with Crippen LogP contribution >= 0.6 is 0 Å². The minimum Gasteiger partial charge on any atom is -0.295 e. The van der Waals surface area contributed by atoms with Crippen LogP contribution in [0.1, 0.15) is 35.7 Å². The van der Waals surface area contributed by atoms with Gasteiger partial charge in [-0.05, 0) is 19.4 Å². The van der Waals surface area contributed by atoms with Gasteiger partial charge in [0.15, 0.2) is 5.78 Å². The van der Waals surface area contributed by atoms with Crippen molar-refractivity contribution in [3.05, 3.63) is 35.4 Å². The Labute approximate surface area is 85.9 Å². The average Bonchev–Trinajstić information content (AvgIpc) is 2.15. The van der Waals surface area contributed by atoms with Crippen molar-refractivity contribution in [3.8, 4) is 0 Å². The quantitative estimate of drug-likeness (QED) is 0.691. The fraction of sp³-hybridized carbons (Fsp3) is 0.364. The number of alkyl halides is 3. The van der Waals surface area contributed by atoms with Gasteiger partial charge in [0.25, 0.3) is 0 Å². The maximum Gasteiger partial charge on any atom is 0.395 e. The molecule has 0 bridgehead atoms. The average molecular weight is 216 g/mol. The number of Topliss-reactive ketones (excluding diaryl/α,β-unsaturated/α-hetero) is 1. The van der Waals surface area contributed by atoms with Gasteiger partial charge in [-0.15, -0.1) is 0 Å². The first-order chi connectivity index (χ1) is 6.82. The van der Waals surface area contributed by atoms with Crippen molar-refractivity contribution in [1.82, 2.24) is 0 Å². The molecule has 1 aromatic carbocycles. The van der Waals surface area contributed by atoms with Crippen LogP contribution in [0, 0.1) is 0 Å². The molecule has 0 aromatic heterocycles. The van der Waals surface area contributed by atoms with Crippen molar-refractivity contribution in [2.75, 3.05) is 0 Å². The highest BCUT2D eigenvalue weighted by Gasteiger charge is 2.36. The standard InChI is InChI=1S/C11H11F3O/c1-7(11(12,13)14)9-3-5-10(6-4-9)8(2)15/h3-7H,1-2H3/t7-/m1/s1. The van der Waals surface area contributed by atoms with Gasteiger partial charge in [-0.25, -0.2) is 0 Å². The van der Waals surface area contributed by atoms with Gasteiger partial charge in [-0.3, -0.25) is 4.79 Å². The topological polar surface area (TPSA) is 17.1 Å². The molecule has 0 amide bonds. The summed E-state index contributed by atoms with van der Waals surface area (Å²) in [5.74, 6) is -1.65. The largest absolute Gasteiger partial charge is 0.395 e. The predicted molar refractivity (Wildman–Crippen MR) is 50.9 cm³/mol. The maximum atomic E-state index is 12.3. The van der Waals surface area contributed by atoms with E-state index in [-0.39, 0.29) is 11.3 Å². The van der Waals surface area contributed by atoms with Crippen LogP contribution in [0.15, 0.2) is 24.3 Å². The van der Waals surface area contributed by atoms with E-state index in [1.807, 2.05) is 0 Å². The molecule has 0 aliphatic carbocycles. The van der Waals surface area contributed by atoms with Gasteiger partial charge in [-0.2, -0.15) is 13.2 Å². The Balaban J connectivity index is 2.94. The summed E-state index contributed by atoms with van der Waals surface area (Å²) in [6.07, 6.45) is -4.24. The van der Waals surface area contributed by atoms with E-state index in [4.69, 9.17) is 0 Å². The van der Waals surface area contributed by atoms with E-state index >= 15 is 0 Å². The lowest BCUT2D eigenvalue weighted by atomic mass is 9.99. The molecule has 1 rings (SSSR count). The SMILES string of the molecule is CC(=O)c1ccc([C@@H](C)C(F)(F)F)cc1. The molecular formula is C11H11F3O. The highest BCUT2D eigenvalue weighted by atomic mass is 19.4. The molecule has 0 unspecified atom stereocenters. The smallest absolute Gasteiger partial charge is 0.295 e. The molecule has 4 heteroatoms. The first kappa shape index (κ1) is 11.8. The van der Waals surface area contributed by atoms with Crippen molar-refractivity contribution in [1.29, 1.82) is 0 Å². The zero-order valence-electron chi connectivity index (χ0n) is 8.43. The fourth-order valence-corrected chi connectivity index (χ4v) is 1.20. The molecule has 0 fully saturated rings. The summed E-state index contributed by atoms with van der Waals surface area (Å²) in [7, 11) is 0. The van der Waals surface area contributed by atoms with Crippen LogP contribution in [0.4, 0.5) is 13.2 Å². The van der Waals surface area contributed by atoms with Crippen molar-refractivity contribution >= 4 is 5.78 Å². The molecule has 1 aromatic rings. The number of ketones is 1. The van der Waals surface area contributed by atoms with E-state index < -0.39 is 12.1 Å². The maximum absolute atomic E-state index is 12.3. The Morgan fingerprint density at radius 3 is 2.00 bits per heavy atom. The third-order valence-corrected chi connectivity index (χ3v) is 2.31. The van der Waals surface area contributed by atoms with E-state index in [9.17, 15) is 18.0 Å². The van der Waals surface area contributed by atoms with Crippen LogP contribution < -0.4 is 0 Å². The lowest BCUT2D eigenvalue weighted by Crippen LogP contribution is -2.17. The Bertz CT molecular complexity index is 351. The Morgan fingerprint density at radius 2 is 1.67 bits per heavy atom. The fourth-order valence-electron chi connectivity index (χ4n) is 1.20. The van der Waals surface area contributed by atoms with Crippen LogP contribution in [0.2, 0.25) is 0 Å². The summed E-state index contributed by atoms with van der Waals surface area (Å²) in [4.78, 5) is 10.9. The molecule has 0 spiro atoms. The monoisotopic (exact) mass is 216 g/mol. The number of benzene rings is 1. The van der Waals surface area contributed by atoms with Crippen molar-refractivity contribution in [3.63, 3.8) is 0 Å².